The Morgan fingerprint density at radius 2 is 1.68 bits per heavy atom. The number of rotatable bonds is 5. The zero-order valence-electron chi connectivity index (χ0n) is 14.5. The van der Waals surface area contributed by atoms with E-state index in [1.165, 1.54) is 26.2 Å². The van der Waals surface area contributed by atoms with Crippen LogP contribution in [0.3, 0.4) is 0 Å². The fourth-order valence-electron chi connectivity index (χ4n) is 2.61. The Kier molecular flexibility index (Phi) is 5.22. The molecule has 0 saturated carbocycles. The van der Waals surface area contributed by atoms with Crippen molar-refractivity contribution in [3.05, 3.63) is 62.0 Å². The molecule has 0 aliphatic heterocycles. The number of nitrogens with zero attached hydrogens (tertiary/aromatic N) is 2. The lowest BCUT2D eigenvalue weighted by atomic mass is 10.0. The van der Waals surface area contributed by atoms with Crippen LogP contribution in [0.5, 0.6) is 0 Å². The molecule has 0 amide bonds. The molecule has 0 radical (unpaired) electrons. The smallest absolute Gasteiger partial charge is 0.332 e. The predicted molar refractivity (Wildman–Crippen MR) is 93.1 cm³/mol. The molecule has 3 N–H and O–H groups in total. The molecule has 134 valence electrons. The summed E-state index contributed by atoms with van der Waals surface area (Å²) < 4.78 is 14.9. The summed E-state index contributed by atoms with van der Waals surface area (Å²) in [7, 11) is 2.69. The molecule has 1 heterocycles. The molecule has 8 heteroatoms. The second-order valence-electron chi connectivity index (χ2n) is 5.99. The highest BCUT2D eigenvalue weighted by molar-refractivity contribution is 6.03. The van der Waals surface area contributed by atoms with Gasteiger partial charge >= 0.3 is 5.69 Å². The fraction of sp³-hybridized carbons (Fsp3) is 0.353. The van der Waals surface area contributed by atoms with E-state index >= 15 is 0 Å². The Labute approximate surface area is 143 Å². The molecule has 0 spiro atoms. The summed E-state index contributed by atoms with van der Waals surface area (Å²) in [5.41, 5.74) is 5.05. The standard InChI is InChI=1S/C17H21FN4O3/c1-9(11-5-7-12(18)8-6-11)20-10(2)14(23)13-15(19)21(3)17(25)22(4)16(13)24/h5-10,20H,19H2,1-4H3/t9-,10-/m0/s1. The number of nitrogen functional groups attached to an aromatic ring is 1. The summed E-state index contributed by atoms with van der Waals surface area (Å²) in [6, 6.07) is 4.92. The molecule has 7 nitrogen and oxygen atoms in total. The van der Waals surface area contributed by atoms with Crippen LogP contribution in [0, 0.1) is 5.82 Å². The lowest BCUT2D eigenvalue weighted by Gasteiger charge is -2.20. The normalized spacial score (nSPS) is 13.5. The number of nitrogens with one attached hydrogen (secondary N) is 1. The van der Waals surface area contributed by atoms with Crippen LogP contribution in [-0.2, 0) is 14.1 Å². The molecule has 0 fully saturated rings. The van der Waals surface area contributed by atoms with Crippen molar-refractivity contribution in [1.29, 1.82) is 0 Å². The quantitative estimate of drug-likeness (QED) is 0.776. The molecule has 1 aromatic heterocycles. The molecule has 2 aromatic rings. The van der Waals surface area contributed by atoms with E-state index in [0.29, 0.717) is 0 Å². The maximum Gasteiger partial charge on any atom is 0.332 e. The molecule has 0 saturated heterocycles. The van der Waals surface area contributed by atoms with Crippen LogP contribution in [0.15, 0.2) is 33.9 Å². The first-order chi connectivity index (χ1) is 11.6. The zero-order valence-corrected chi connectivity index (χ0v) is 14.5. The van der Waals surface area contributed by atoms with E-state index in [1.54, 1.807) is 19.1 Å². The minimum atomic E-state index is -0.729. The number of halogens is 1. The van der Waals surface area contributed by atoms with Gasteiger partial charge in [-0.05, 0) is 31.5 Å². The molecule has 2 atom stereocenters. The van der Waals surface area contributed by atoms with Gasteiger partial charge in [0.25, 0.3) is 5.56 Å². The minimum Gasteiger partial charge on any atom is -0.384 e. The van der Waals surface area contributed by atoms with Crippen LogP contribution < -0.4 is 22.3 Å². The van der Waals surface area contributed by atoms with E-state index < -0.39 is 23.1 Å². The van der Waals surface area contributed by atoms with Crippen LogP contribution in [0.25, 0.3) is 0 Å². The van der Waals surface area contributed by atoms with E-state index in [1.807, 2.05) is 6.92 Å². The third-order valence-electron chi connectivity index (χ3n) is 4.22. The number of aromatic nitrogens is 2. The van der Waals surface area contributed by atoms with Gasteiger partial charge in [0.15, 0.2) is 5.78 Å². The molecule has 25 heavy (non-hydrogen) atoms. The van der Waals surface area contributed by atoms with Gasteiger partial charge in [-0.15, -0.1) is 0 Å². The number of carbonyl (C=O) groups excluding carboxylic acids is 1. The number of Topliss-reactive ketones (excluding diaryl/α,β-unsaturated/α-hetero) is 1. The van der Waals surface area contributed by atoms with E-state index in [4.69, 9.17) is 5.73 Å². The van der Waals surface area contributed by atoms with Gasteiger partial charge in [-0.1, -0.05) is 12.1 Å². The zero-order chi connectivity index (χ0) is 18.9. The number of nitrogens with two attached hydrogens (primary N) is 1. The van der Waals surface area contributed by atoms with E-state index in [2.05, 4.69) is 5.32 Å². The van der Waals surface area contributed by atoms with E-state index in [-0.39, 0.29) is 23.2 Å². The van der Waals surface area contributed by atoms with E-state index in [0.717, 1.165) is 14.7 Å². The second-order valence-corrected chi connectivity index (χ2v) is 5.99. The first-order valence-corrected chi connectivity index (χ1v) is 7.76. The van der Waals surface area contributed by atoms with Gasteiger partial charge in [-0.2, -0.15) is 0 Å². The Morgan fingerprint density at radius 1 is 1.12 bits per heavy atom. The van der Waals surface area contributed by atoms with Crippen LogP contribution >= 0.6 is 0 Å². The van der Waals surface area contributed by atoms with Gasteiger partial charge in [-0.25, -0.2) is 9.18 Å². The first kappa shape index (κ1) is 18.6. The molecule has 0 aliphatic carbocycles. The van der Waals surface area contributed by atoms with Gasteiger partial charge in [0, 0.05) is 20.1 Å². The highest BCUT2D eigenvalue weighted by Gasteiger charge is 2.25. The number of carbonyl (C=O) groups is 1. The predicted octanol–water partition coefficient (Wildman–Crippen LogP) is 0.727. The molecular formula is C17H21FN4O3. The lowest BCUT2D eigenvalue weighted by molar-refractivity contribution is 0.0943. The van der Waals surface area contributed by atoms with E-state index in [9.17, 15) is 18.8 Å². The summed E-state index contributed by atoms with van der Waals surface area (Å²) >= 11 is 0. The Bertz CT molecular complexity index is 915. The summed E-state index contributed by atoms with van der Waals surface area (Å²) in [6.07, 6.45) is 0. The largest absolute Gasteiger partial charge is 0.384 e. The van der Waals surface area contributed by atoms with Crippen molar-refractivity contribution >= 4 is 11.6 Å². The monoisotopic (exact) mass is 348 g/mol. The van der Waals surface area contributed by atoms with Gasteiger partial charge in [-0.3, -0.25) is 18.7 Å². The number of anilines is 1. The molecule has 1 aromatic carbocycles. The van der Waals surface area contributed by atoms with Gasteiger partial charge in [0.1, 0.15) is 17.2 Å². The van der Waals surface area contributed by atoms with Gasteiger partial charge < -0.3 is 11.1 Å². The van der Waals surface area contributed by atoms with Crippen LogP contribution in [-0.4, -0.2) is 21.0 Å². The average Bonchev–Trinajstić information content (AvgIpc) is 2.58. The molecule has 2 rings (SSSR count). The highest BCUT2D eigenvalue weighted by Crippen LogP contribution is 2.15. The van der Waals surface area contributed by atoms with Crippen molar-refractivity contribution in [3.63, 3.8) is 0 Å². The Hall–Kier alpha value is -2.74. The van der Waals surface area contributed by atoms with Gasteiger partial charge in [0.05, 0.1) is 6.04 Å². The van der Waals surface area contributed by atoms with Crippen molar-refractivity contribution in [2.24, 2.45) is 14.1 Å². The Morgan fingerprint density at radius 3 is 2.24 bits per heavy atom. The van der Waals surface area contributed by atoms with Crippen LogP contribution in [0.4, 0.5) is 10.2 Å². The maximum atomic E-state index is 13.0. The third-order valence-corrected chi connectivity index (χ3v) is 4.22. The molecule has 0 bridgehead atoms. The fourth-order valence-corrected chi connectivity index (χ4v) is 2.61. The number of hydrogen-bond acceptors (Lipinski definition) is 5. The molecular weight excluding hydrogens is 327 g/mol. The molecule has 0 aliphatic rings. The van der Waals surface area contributed by atoms with Gasteiger partial charge in [0.2, 0.25) is 0 Å². The second kappa shape index (κ2) is 7.02. The van der Waals surface area contributed by atoms with Crippen molar-refractivity contribution in [1.82, 2.24) is 14.5 Å². The lowest BCUT2D eigenvalue weighted by Crippen LogP contribution is -2.45. The van der Waals surface area contributed by atoms with Crippen molar-refractivity contribution in [2.45, 2.75) is 25.9 Å². The SMILES string of the molecule is C[C@H](N[C@@H](C)c1ccc(F)cc1)C(=O)c1c(N)n(C)c(=O)n(C)c1=O. The summed E-state index contributed by atoms with van der Waals surface area (Å²) in [6.45, 7) is 3.42. The summed E-state index contributed by atoms with van der Waals surface area (Å²) in [5.74, 6) is -1.02. The molecule has 0 unspecified atom stereocenters. The first-order valence-electron chi connectivity index (χ1n) is 7.76. The van der Waals surface area contributed by atoms with Crippen molar-refractivity contribution in [3.8, 4) is 0 Å². The van der Waals surface area contributed by atoms with Crippen molar-refractivity contribution < 1.29 is 9.18 Å². The number of ketones is 1. The maximum absolute atomic E-state index is 13.0. The number of hydrogen-bond donors (Lipinski definition) is 2. The minimum absolute atomic E-state index is 0.166. The van der Waals surface area contributed by atoms with Crippen molar-refractivity contribution in [2.75, 3.05) is 5.73 Å². The average molecular weight is 348 g/mol. The Balaban J connectivity index is 2.30. The summed E-state index contributed by atoms with van der Waals surface area (Å²) in [4.78, 5) is 36.8. The highest BCUT2D eigenvalue weighted by atomic mass is 19.1. The van der Waals surface area contributed by atoms with Crippen LogP contribution in [0.1, 0.15) is 35.8 Å². The number of benzene rings is 1. The summed E-state index contributed by atoms with van der Waals surface area (Å²) in [5, 5.41) is 3.06. The topological polar surface area (TPSA) is 99.1 Å². The third kappa shape index (κ3) is 3.53. The van der Waals surface area contributed by atoms with Crippen LogP contribution in [0.2, 0.25) is 0 Å².